The highest BCUT2D eigenvalue weighted by Gasteiger charge is 2.67. The van der Waals surface area contributed by atoms with Gasteiger partial charge in [-0.3, -0.25) is 14.7 Å². The smallest absolute Gasteiger partial charge is 0.278 e. The summed E-state index contributed by atoms with van der Waals surface area (Å²) in [6.07, 6.45) is 4.11. The van der Waals surface area contributed by atoms with E-state index in [1.54, 1.807) is 4.90 Å². The summed E-state index contributed by atoms with van der Waals surface area (Å²) in [6.45, 7) is 0.413. The lowest BCUT2D eigenvalue weighted by Gasteiger charge is -2.43. The molecule has 2 saturated heterocycles. The zero-order chi connectivity index (χ0) is 27.6. The Morgan fingerprint density at radius 3 is 2.62 bits per heavy atom. The molecule has 2 aromatic heterocycles. The number of ether oxygens (including phenoxy) is 2. The van der Waals surface area contributed by atoms with Crippen LogP contribution in [0.1, 0.15) is 61.9 Å². The lowest BCUT2D eigenvalue weighted by molar-refractivity contribution is -0.168. The highest BCUT2D eigenvalue weighted by Crippen LogP contribution is 2.63. The number of rotatable bonds is 5. The van der Waals surface area contributed by atoms with Crippen molar-refractivity contribution >= 4 is 11.8 Å². The topological polar surface area (TPSA) is 123 Å². The predicted octanol–water partition coefficient (Wildman–Crippen LogP) is 3.70. The number of carbonyl (C=O) groups excluding carboxylic acids is 2. The van der Waals surface area contributed by atoms with Crippen molar-refractivity contribution in [2.45, 2.75) is 68.4 Å². The molecule has 2 aliphatic carbocycles. The minimum atomic E-state index is -2.82. The Morgan fingerprint density at radius 1 is 1.18 bits per heavy atom. The number of nitrogens with zero attached hydrogens (tertiary/aromatic N) is 3. The van der Waals surface area contributed by atoms with Gasteiger partial charge in [0.25, 0.3) is 11.8 Å². The van der Waals surface area contributed by atoms with Gasteiger partial charge in [-0.1, -0.05) is 0 Å². The van der Waals surface area contributed by atoms with Crippen molar-refractivity contribution in [3.63, 3.8) is 0 Å². The molecule has 3 N–H and O–H groups in total. The summed E-state index contributed by atoms with van der Waals surface area (Å²) < 4.78 is 54.3. The summed E-state index contributed by atoms with van der Waals surface area (Å²) in [4.78, 5) is 31.5. The van der Waals surface area contributed by atoms with Crippen molar-refractivity contribution in [1.82, 2.24) is 20.1 Å². The molecular weight excluding hydrogens is 515 g/mol. The minimum absolute atomic E-state index is 0.0788. The van der Waals surface area contributed by atoms with Gasteiger partial charge in [0.2, 0.25) is 11.8 Å². The van der Waals surface area contributed by atoms with Gasteiger partial charge in [0, 0.05) is 36.1 Å². The van der Waals surface area contributed by atoms with Crippen molar-refractivity contribution in [3.8, 4) is 17.1 Å². The van der Waals surface area contributed by atoms with Crippen LogP contribution in [0.25, 0.3) is 11.3 Å². The summed E-state index contributed by atoms with van der Waals surface area (Å²) in [5.74, 6) is -4.03. The number of halogens is 3. The van der Waals surface area contributed by atoms with Crippen LogP contribution in [0.3, 0.4) is 0 Å². The van der Waals surface area contributed by atoms with Crippen LogP contribution >= 0.6 is 0 Å². The summed E-state index contributed by atoms with van der Waals surface area (Å²) >= 11 is 0. The average molecular weight is 548 g/mol. The van der Waals surface area contributed by atoms with Gasteiger partial charge in [-0.05, 0) is 62.8 Å². The van der Waals surface area contributed by atoms with Gasteiger partial charge in [0.05, 0.1) is 25.6 Å². The fraction of sp³-hybridized carbons (Fsp3) is 0.630. The normalized spacial score (nSPS) is 33.4. The first kappa shape index (κ1) is 26.1. The zero-order valence-electron chi connectivity index (χ0n) is 21.7. The van der Waals surface area contributed by atoms with Gasteiger partial charge < -0.3 is 20.1 Å². The van der Waals surface area contributed by atoms with E-state index in [1.807, 2.05) is 0 Å². The first-order chi connectivity index (χ1) is 18.6. The molecule has 4 heterocycles. The molecule has 2 aliphatic heterocycles. The fourth-order valence-electron chi connectivity index (χ4n) is 7.34. The molecule has 0 radical (unpaired) electrons. The second-order valence-corrected chi connectivity index (χ2v) is 11.5. The van der Waals surface area contributed by atoms with Crippen molar-refractivity contribution in [1.29, 1.82) is 0 Å². The number of hydrogen-bond donors (Lipinski definition) is 2. The molecule has 0 bridgehead atoms. The maximum Gasteiger partial charge on any atom is 0.278 e. The van der Waals surface area contributed by atoms with Crippen LogP contribution in [-0.4, -0.2) is 69.2 Å². The average Bonchev–Trinajstić information content (AvgIpc) is 3.26. The molecule has 6 rings (SSSR count). The van der Waals surface area contributed by atoms with Crippen LogP contribution in [0.2, 0.25) is 0 Å². The standard InChI is InChI=1S/C27H32F3N5O4/c1-38-22-10-17(19(28)14-32-22)20-11-21(34-33-20)24(37)35-8-4-16(23(31)36)12-25(35)13-18(25)15-2-5-26(6-3-15)27(29,30)7-9-39-26/h10-11,14-16,18H,2-9,12-13H2,1H3,(H2,31,36)(H,33,34). The van der Waals surface area contributed by atoms with E-state index in [2.05, 4.69) is 15.2 Å². The lowest BCUT2D eigenvalue weighted by atomic mass is 9.72. The van der Waals surface area contributed by atoms with Crippen molar-refractivity contribution in [3.05, 3.63) is 29.8 Å². The molecule has 2 aromatic rings. The van der Waals surface area contributed by atoms with Gasteiger partial charge in [-0.15, -0.1) is 0 Å². The number of carbonyl (C=O) groups is 2. The molecule has 4 fully saturated rings. The second kappa shape index (κ2) is 9.21. The first-order valence-electron chi connectivity index (χ1n) is 13.5. The number of aromatic amines is 1. The van der Waals surface area contributed by atoms with Crippen molar-refractivity contribution in [2.24, 2.45) is 23.5 Å². The number of aromatic nitrogens is 3. The van der Waals surface area contributed by atoms with Crippen LogP contribution in [0.4, 0.5) is 13.2 Å². The van der Waals surface area contributed by atoms with E-state index in [9.17, 15) is 22.8 Å². The molecule has 9 nitrogen and oxygen atoms in total. The van der Waals surface area contributed by atoms with Gasteiger partial charge >= 0.3 is 0 Å². The Balaban J connectivity index is 1.23. The Kier molecular flexibility index (Phi) is 6.16. The molecule has 4 aliphatic rings. The Morgan fingerprint density at radius 2 is 1.95 bits per heavy atom. The maximum atomic E-state index is 14.6. The number of hydrogen-bond acceptors (Lipinski definition) is 6. The molecule has 39 heavy (non-hydrogen) atoms. The zero-order valence-corrected chi connectivity index (χ0v) is 21.7. The number of nitrogens with two attached hydrogens (primary N) is 1. The van der Waals surface area contributed by atoms with E-state index < -0.39 is 28.8 Å². The number of likely N-dealkylation sites (tertiary alicyclic amines) is 1. The van der Waals surface area contributed by atoms with Crippen molar-refractivity contribution in [2.75, 3.05) is 20.3 Å². The van der Waals surface area contributed by atoms with E-state index in [-0.39, 0.29) is 66.7 Å². The number of pyridine rings is 1. The van der Waals surface area contributed by atoms with Crippen LogP contribution in [0.15, 0.2) is 18.3 Å². The second-order valence-electron chi connectivity index (χ2n) is 11.5. The quantitative estimate of drug-likeness (QED) is 0.589. The van der Waals surface area contributed by atoms with Crippen LogP contribution in [-0.2, 0) is 9.53 Å². The third-order valence-electron chi connectivity index (χ3n) is 9.58. The Hall–Kier alpha value is -3.15. The third kappa shape index (κ3) is 4.18. The molecule has 3 unspecified atom stereocenters. The lowest BCUT2D eigenvalue weighted by Crippen LogP contribution is -2.52. The highest BCUT2D eigenvalue weighted by atomic mass is 19.3. The van der Waals surface area contributed by atoms with Crippen LogP contribution in [0.5, 0.6) is 5.88 Å². The number of H-pyrrole nitrogens is 1. The molecular formula is C27H32F3N5O4. The van der Waals surface area contributed by atoms with Gasteiger partial charge in [-0.2, -0.15) is 5.10 Å². The van der Waals surface area contributed by atoms with Gasteiger partial charge in [0.15, 0.2) is 11.5 Å². The SMILES string of the molecule is COc1cc(-c2cc(C(=O)N3CCC(C(N)=O)CC34CC4C3CCC4(CC3)OCCC4(F)F)n[nH]2)c(F)cn1. The third-order valence-corrected chi connectivity index (χ3v) is 9.58. The molecule has 12 heteroatoms. The van der Waals surface area contributed by atoms with Gasteiger partial charge in [-0.25, -0.2) is 18.2 Å². The number of nitrogens with one attached hydrogen (secondary N) is 1. The molecule has 2 spiro atoms. The first-order valence-corrected chi connectivity index (χ1v) is 13.5. The number of alkyl halides is 2. The monoisotopic (exact) mass is 547 g/mol. The van der Waals surface area contributed by atoms with E-state index >= 15 is 0 Å². The fourth-order valence-corrected chi connectivity index (χ4v) is 7.34. The molecule has 210 valence electrons. The maximum absolute atomic E-state index is 14.6. The molecule has 2 saturated carbocycles. The highest BCUT2D eigenvalue weighted by molar-refractivity contribution is 5.94. The number of methoxy groups -OCH3 is 1. The van der Waals surface area contributed by atoms with Crippen LogP contribution < -0.4 is 10.5 Å². The number of amides is 2. The van der Waals surface area contributed by atoms with Crippen LogP contribution in [0, 0.1) is 23.6 Å². The minimum Gasteiger partial charge on any atom is -0.481 e. The molecule has 2 amide bonds. The van der Waals surface area contributed by atoms with Gasteiger partial charge in [0.1, 0.15) is 5.60 Å². The van der Waals surface area contributed by atoms with E-state index in [1.165, 1.54) is 19.2 Å². The summed E-state index contributed by atoms with van der Waals surface area (Å²) in [5.41, 5.74) is 4.33. The Bertz CT molecular complexity index is 1290. The van der Waals surface area contributed by atoms with Crippen molar-refractivity contribution < 1.29 is 32.2 Å². The predicted molar refractivity (Wildman–Crippen MR) is 132 cm³/mol. The van der Waals surface area contributed by atoms with E-state index in [4.69, 9.17) is 15.2 Å². The number of primary amides is 1. The summed E-state index contributed by atoms with van der Waals surface area (Å²) in [7, 11) is 1.42. The van der Waals surface area contributed by atoms with E-state index in [0.717, 1.165) is 6.20 Å². The van der Waals surface area contributed by atoms with E-state index in [0.29, 0.717) is 44.3 Å². The molecule has 0 aromatic carbocycles. The number of piperidine rings is 1. The summed E-state index contributed by atoms with van der Waals surface area (Å²) in [6, 6.07) is 2.91. The largest absolute Gasteiger partial charge is 0.481 e. The summed E-state index contributed by atoms with van der Waals surface area (Å²) in [5, 5.41) is 6.92. The molecule has 3 atom stereocenters. The Labute approximate surface area is 223 Å².